The van der Waals surface area contributed by atoms with E-state index in [1.165, 1.54) is 4.31 Å². The second-order valence-electron chi connectivity index (χ2n) is 3.80. The fraction of sp³-hybridized carbons (Fsp3) is 0.875. The highest BCUT2D eigenvalue weighted by Crippen LogP contribution is 2.26. The van der Waals surface area contributed by atoms with E-state index in [1.807, 2.05) is 25.6 Å². The highest BCUT2D eigenvalue weighted by atomic mass is 32.2. The molecule has 1 rings (SSSR count). The van der Waals surface area contributed by atoms with E-state index in [4.69, 9.17) is 5.73 Å². The average Bonchev–Trinajstić information content (AvgIpc) is 1.99. The summed E-state index contributed by atoms with van der Waals surface area (Å²) in [5, 5.41) is 0.657. The second-order valence-corrected chi connectivity index (χ2v) is 8.17. The highest BCUT2D eigenvalue weighted by molar-refractivity contribution is 8.00. The summed E-state index contributed by atoms with van der Waals surface area (Å²) in [7, 11) is -3.29. The maximum Gasteiger partial charge on any atom is 0.220 e. The number of sulfonamides is 1. The molecule has 0 aromatic carbocycles. The number of nitrogens with two attached hydrogens (primary N) is 1. The Morgan fingerprint density at radius 3 is 2.33 bits per heavy atom. The zero-order valence-corrected chi connectivity index (χ0v) is 11.3. The largest absolute Gasteiger partial charge is 0.392 e. The van der Waals surface area contributed by atoms with Crippen molar-refractivity contribution in [3.63, 3.8) is 0 Å². The van der Waals surface area contributed by atoms with Crippen LogP contribution in [0.5, 0.6) is 0 Å². The Kier molecular flexibility index (Phi) is 4.39. The zero-order chi connectivity index (χ0) is 11.6. The zero-order valence-electron chi connectivity index (χ0n) is 8.84. The first-order valence-corrected chi connectivity index (χ1v) is 7.69. The minimum Gasteiger partial charge on any atom is -0.392 e. The average molecular weight is 268 g/mol. The Morgan fingerprint density at radius 2 is 1.93 bits per heavy atom. The van der Waals surface area contributed by atoms with Gasteiger partial charge in [0.25, 0.3) is 0 Å². The summed E-state index contributed by atoms with van der Waals surface area (Å²) in [6.07, 6.45) is 0. The third-order valence-electron chi connectivity index (χ3n) is 2.10. The lowest BCUT2D eigenvalue weighted by Gasteiger charge is -2.33. The van der Waals surface area contributed by atoms with Gasteiger partial charge in [0.1, 0.15) is 5.75 Å². The molecule has 2 unspecified atom stereocenters. The van der Waals surface area contributed by atoms with Gasteiger partial charge in [0, 0.05) is 23.6 Å². The molecule has 1 aliphatic heterocycles. The summed E-state index contributed by atoms with van der Waals surface area (Å²) in [5.41, 5.74) is 5.27. The molecule has 0 spiro atoms. The molecule has 0 saturated carbocycles. The number of hydrogen-bond donors (Lipinski definition) is 1. The van der Waals surface area contributed by atoms with Crippen molar-refractivity contribution in [1.82, 2.24) is 4.31 Å². The van der Waals surface area contributed by atoms with E-state index in [-0.39, 0.29) is 10.7 Å². The highest BCUT2D eigenvalue weighted by Gasteiger charge is 2.30. The lowest BCUT2D eigenvalue weighted by molar-refractivity contribution is 0.407. The molecule has 1 heterocycles. The third-order valence-corrected chi connectivity index (χ3v) is 5.42. The van der Waals surface area contributed by atoms with Gasteiger partial charge in [-0.15, -0.1) is 0 Å². The van der Waals surface area contributed by atoms with Gasteiger partial charge in [-0.3, -0.25) is 0 Å². The first-order valence-electron chi connectivity index (χ1n) is 4.73. The van der Waals surface area contributed by atoms with E-state index in [0.29, 0.717) is 23.6 Å². The Bertz CT molecular complexity index is 332. The molecule has 4 nitrogen and oxygen atoms in total. The summed E-state index contributed by atoms with van der Waals surface area (Å²) < 4.78 is 25.2. The smallest absolute Gasteiger partial charge is 0.220 e. The van der Waals surface area contributed by atoms with E-state index in [2.05, 4.69) is 12.2 Å². The first kappa shape index (κ1) is 13.2. The molecule has 1 aliphatic rings. The molecule has 0 aliphatic carbocycles. The van der Waals surface area contributed by atoms with Crippen LogP contribution in [0, 0.1) is 0 Å². The molecule has 0 amide bonds. The number of hydrogen-bond acceptors (Lipinski definition) is 4. The fourth-order valence-corrected chi connectivity index (χ4v) is 5.03. The van der Waals surface area contributed by atoms with Crippen molar-refractivity contribution in [3.05, 3.63) is 0 Å². The quantitative estimate of drug-likeness (QED) is 0.752. The van der Waals surface area contributed by atoms with E-state index in [9.17, 15) is 8.42 Å². The van der Waals surface area contributed by atoms with Crippen molar-refractivity contribution in [2.75, 3.05) is 18.8 Å². The van der Waals surface area contributed by atoms with Gasteiger partial charge < -0.3 is 5.73 Å². The Morgan fingerprint density at radius 1 is 1.47 bits per heavy atom. The minimum atomic E-state index is -3.29. The monoisotopic (exact) mass is 268 g/mol. The molecule has 1 saturated heterocycles. The molecule has 15 heavy (non-hydrogen) atoms. The molecular weight excluding hydrogens is 252 g/mol. The Balaban J connectivity index is 2.74. The number of thiocarbonyl (C=S) groups is 1. The predicted molar refractivity (Wildman–Crippen MR) is 68.7 cm³/mol. The van der Waals surface area contributed by atoms with Gasteiger partial charge in [-0.05, 0) is 0 Å². The van der Waals surface area contributed by atoms with E-state index < -0.39 is 10.0 Å². The van der Waals surface area contributed by atoms with Crippen LogP contribution in [-0.2, 0) is 10.0 Å². The van der Waals surface area contributed by atoms with Crippen LogP contribution in [0.1, 0.15) is 13.8 Å². The van der Waals surface area contributed by atoms with Crippen LogP contribution in [0.15, 0.2) is 0 Å². The number of rotatable bonds is 3. The molecule has 1 fully saturated rings. The van der Waals surface area contributed by atoms with E-state index >= 15 is 0 Å². The molecule has 2 N–H and O–H groups in total. The predicted octanol–water partition coefficient (Wildman–Crippen LogP) is 0.428. The summed E-state index contributed by atoms with van der Waals surface area (Å²) >= 11 is 6.45. The van der Waals surface area contributed by atoms with Gasteiger partial charge >= 0.3 is 0 Å². The van der Waals surface area contributed by atoms with Crippen LogP contribution in [-0.4, -0.2) is 47.1 Å². The molecule has 0 aromatic rings. The van der Waals surface area contributed by atoms with Crippen molar-refractivity contribution in [2.45, 2.75) is 24.3 Å². The third kappa shape index (κ3) is 3.90. The van der Waals surface area contributed by atoms with Crippen LogP contribution in [0.3, 0.4) is 0 Å². The maximum atomic E-state index is 11.8. The van der Waals surface area contributed by atoms with Gasteiger partial charge in [0.15, 0.2) is 0 Å². The number of thioether (sulfide) groups is 1. The van der Waals surface area contributed by atoms with Gasteiger partial charge in [0.05, 0.1) is 4.99 Å². The Hall–Kier alpha value is 0.150. The van der Waals surface area contributed by atoms with Crippen LogP contribution >= 0.6 is 24.0 Å². The molecule has 88 valence electrons. The van der Waals surface area contributed by atoms with Crippen molar-refractivity contribution >= 4 is 39.0 Å². The van der Waals surface area contributed by atoms with E-state index in [1.54, 1.807) is 0 Å². The molecule has 0 radical (unpaired) electrons. The molecule has 2 atom stereocenters. The van der Waals surface area contributed by atoms with Crippen LogP contribution in [0.25, 0.3) is 0 Å². The summed E-state index contributed by atoms with van der Waals surface area (Å²) in [4.78, 5) is 0.0357. The maximum absolute atomic E-state index is 11.8. The summed E-state index contributed by atoms with van der Waals surface area (Å²) in [5.74, 6) is -0.216. The van der Waals surface area contributed by atoms with Crippen molar-refractivity contribution in [2.24, 2.45) is 5.73 Å². The van der Waals surface area contributed by atoms with Crippen LogP contribution < -0.4 is 5.73 Å². The molecule has 0 aromatic heterocycles. The van der Waals surface area contributed by atoms with Crippen molar-refractivity contribution in [1.29, 1.82) is 0 Å². The van der Waals surface area contributed by atoms with Gasteiger partial charge in [-0.1, -0.05) is 26.1 Å². The van der Waals surface area contributed by atoms with Gasteiger partial charge in [0.2, 0.25) is 10.0 Å². The molecular formula is C8H16N2O2S3. The lowest BCUT2D eigenvalue weighted by Crippen LogP contribution is -2.46. The summed E-state index contributed by atoms with van der Waals surface area (Å²) in [6, 6.07) is 0. The lowest BCUT2D eigenvalue weighted by atomic mass is 10.4. The topological polar surface area (TPSA) is 63.4 Å². The Labute approximate surface area is 101 Å². The normalized spacial score (nSPS) is 28.9. The molecule has 7 heteroatoms. The standard InChI is InChI=1S/C8H16N2O2S3/c1-6-3-10(4-7(2)14-6)15(11,12)5-8(9)13/h6-7H,3-5H2,1-2H3,(H2,9,13). The minimum absolute atomic E-state index is 0.0357. The van der Waals surface area contributed by atoms with Crippen LogP contribution in [0.4, 0.5) is 0 Å². The van der Waals surface area contributed by atoms with Crippen molar-refractivity contribution in [3.8, 4) is 0 Å². The van der Waals surface area contributed by atoms with Gasteiger partial charge in [-0.2, -0.15) is 16.1 Å². The second kappa shape index (κ2) is 4.99. The van der Waals surface area contributed by atoms with Crippen LogP contribution in [0.2, 0.25) is 0 Å². The molecule has 0 bridgehead atoms. The van der Waals surface area contributed by atoms with Crippen molar-refractivity contribution < 1.29 is 8.42 Å². The fourth-order valence-electron chi connectivity index (χ4n) is 1.63. The number of nitrogens with zero attached hydrogens (tertiary/aromatic N) is 1. The SMILES string of the molecule is CC1CN(S(=O)(=O)CC(N)=S)CC(C)S1. The van der Waals surface area contributed by atoms with Gasteiger partial charge in [-0.25, -0.2) is 8.42 Å². The summed E-state index contributed by atoms with van der Waals surface area (Å²) in [6.45, 7) is 5.17. The van der Waals surface area contributed by atoms with E-state index in [0.717, 1.165) is 0 Å². The first-order chi connectivity index (χ1) is 6.81.